The minimum absolute atomic E-state index is 0.00991. The summed E-state index contributed by atoms with van der Waals surface area (Å²) in [6.45, 7) is 4.03. The van der Waals surface area contributed by atoms with Crippen LogP contribution < -0.4 is 21.9 Å². The molecule has 1 aromatic heterocycles. The summed E-state index contributed by atoms with van der Waals surface area (Å²) >= 11 is 6.11. The van der Waals surface area contributed by atoms with Gasteiger partial charge in [0.25, 0.3) is 5.56 Å². The summed E-state index contributed by atoms with van der Waals surface area (Å²) in [5, 5.41) is 7.46. The summed E-state index contributed by atoms with van der Waals surface area (Å²) in [5.41, 5.74) is 8.91. The number of carbonyl (C=O) groups excluding carboxylic acids is 1. The third-order valence-corrected chi connectivity index (χ3v) is 6.02. The predicted octanol–water partition coefficient (Wildman–Crippen LogP) is 2.90. The highest BCUT2D eigenvalue weighted by molar-refractivity contribution is 6.30. The van der Waals surface area contributed by atoms with Crippen LogP contribution in [0.15, 0.2) is 41.2 Å². The zero-order valence-electron chi connectivity index (χ0n) is 18.0. The Kier molecular flexibility index (Phi) is 6.62. The van der Waals surface area contributed by atoms with E-state index >= 15 is 0 Å². The molecule has 32 heavy (non-hydrogen) atoms. The number of hydrogen-bond donors (Lipinski definition) is 4. The first-order valence-electron chi connectivity index (χ1n) is 10.8. The predicted molar refractivity (Wildman–Crippen MR) is 128 cm³/mol. The summed E-state index contributed by atoms with van der Waals surface area (Å²) in [6.07, 6.45) is 1.56. The summed E-state index contributed by atoms with van der Waals surface area (Å²) < 4.78 is 0. The van der Waals surface area contributed by atoms with Crippen molar-refractivity contribution in [3.8, 4) is 0 Å². The van der Waals surface area contributed by atoms with Gasteiger partial charge in [-0.25, -0.2) is 4.98 Å². The van der Waals surface area contributed by atoms with E-state index in [9.17, 15) is 9.59 Å². The number of aromatic nitrogens is 2. The van der Waals surface area contributed by atoms with Crippen LogP contribution in [0.3, 0.4) is 0 Å². The maximum Gasteiger partial charge on any atom is 0.260 e. The van der Waals surface area contributed by atoms with Crippen LogP contribution >= 0.6 is 11.6 Å². The molecule has 0 unspecified atom stereocenters. The van der Waals surface area contributed by atoms with Crippen molar-refractivity contribution in [1.29, 1.82) is 0 Å². The van der Waals surface area contributed by atoms with Crippen molar-refractivity contribution in [2.45, 2.75) is 25.8 Å². The Morgan fingerprint density at radius 2 is 2.12 bits per heavy atom. The van der Waals surface area contributed by atoms with Crippen molar-refractivity contribution in [3.63, 3.8) is 0 Å². The van der Waals surface area contributed by atoms with Gasteiger partial charge in [0.15, 0.2) is 0 Å². The van der Waals surface area contributed by atoms with Gasteiger partial charge < -0.3 is 21.3 Å². The van der Waals surface area contributed by atoms with Crippen molar-refractivity contribution in [3.05, 3.63) is 62.9 Å². The van der Waals surface area contributed by atoms with Crippen molar-refractivity contribution in [1.82, 2.24) is 14.9 Å². The molecule has 0 saturated carbocycles. The number of rotatable bonds is 7. The molecule has 2 heterocycles. The molecule has 4 rings (SSSR count). The molecule has 0 fully saturated rings. The fourth-order valence-electron chi connectivity index (χ4n) is 4.06. The number of benzene rings is 2. The van der Waals surface area contributed by atoms with Gasteiger partial charge in [0, 0.05) is 23.8 Å². The Bertz CT molecular complexity index is 1190. The highest BCUT2D eigenvalue weighted by Gasteiger charge is 2.27. The first kappa shape index (κ1) is 22.1. The van der Waals surface area contributed by atoms with Crippen molar-refractivity contribution in [2.24, 2.45) is 5.73 Å². The topological polar surface area (TPSA) is 116 Å². The third-order valence-electron chi connectivity index (χ3n) is 5.79. The van der Waals surface area contributed by atoms with Crippen molar-refractivity contribution < 1.29 is 4.79 Å². The molecule has 8 nitrogen and oxygen atoms in total. The Balaban J connectivity index is 1.45. The molecule has 0 aliphatic carbocycles. The molecule has 2 aromatic carbocycles. The summed E-state index contributed by atoms with van der Waals surface area (Å²) in [4.78, 5) is 34.3. The second-order valence-corrected chi connectivity index (χ2v) is 8.36. The molecule has 1 amide bonds. The Morgan fingerprint density at radius 3 is 2.94 bits per heavy atom. The largest absolute Gasteiger partial charge is 0.376 e. The van der Waals surface area contributed by atoms with Gasteiger partial charge in [-0.05, 0) is 67.8 Å². The second kappa shape index (κ2) is 9.58. The van der Waals surface area contributed by atoms with E-state index in [1.54, 1.807) is 18.2 Å². The number of fused-ring (bicyclic) bond motifs is 2. The number of halogens is 1. The minimum Gasteiger partial charge on any atom is -0.376 e. The lowest BCUT2D eigenvalue weighted by atomic mass is 9.93. The maximum absolute atomic E-state index is 12.9. The van der Waals surface area contributed by atoms with Crippen LogP contribution in [0.2, 0.25) is 5.02 Å². The lowest BCUT2D eigenvalue weighted by Gasteiger charge is -2.35. The number of carbonyl (C=O) groups is 1. The van der Waals surface area contributed by atoms with Crippen LogP contribution in [0, 0.1) is 0 Å². The molecule has 9 heteroatoms. The van der Waals surface area contributed by atoms with E-state index in [1.165, 1.54) is 5.56 Å². The number of nitrogens with two attached hydrogens (primary N) is 1. The van der Waals surface area contributed by atoms with Crippen LogP contribution in [0.25, 0.3) is 10.9 Å². The third kappa shape index (κ3) is 4.71. The minimum atomic E-state index is -0.214. The van der Waals surface area contributed by atoms with Gasteiger partial charge in [0.1, 0.15) is 0 Å². The first-order chi connectivity index (χ1) is 15.5. The summed E-state index contributed by atoms with van der Waals surface area (Å²) in [6, 6.07) is 11.1. The molecular weight excluding hydrogens is 428 g/mol. The van der Waals surface area contributed by atoms with Gasteiger partial charge in [0.2, 0.25) is 11.9 Å². The van der Waals surface area contributed by atoms with Crippen LogP contribution in [0.4, 0.5) is 11.6 Å². The SMILES string of the molecule is C[C@H]1c2ccc(Cl)cc2CCN1C(=O)CNc1ccc2c(=O)[nH]c(NCCCN)nc2c1. The van der Waals surface area contributed by atoms with Gasteiger partial charge in [-0.2, -0.15) is 0 Å². The molecule has 0 bridgehead atoms. The fraction of sp³-hybridized carbons (Fsp3) is 0.348. The van der Waals surface area contributed by atoms with Gasteiger partial charge in [-0.15, -0.1) is 0 Å². The molecule has 1 atom stereocenters. The number of nitrogens with one attached hydrogen (secondary N) is 3. The number of amides is 1. The Morgan fingerprint density at radius 1 is 1.28 bits per heavy atom. The maximum atomic E-state index is 12.9. The van der Waals surface area contributed by atoms with E-state index in [0.29, 0.717) is 36.5 Å². The lowest BCUT2D eigenvalue weighted by Crippen LogP contribution is -2.41. The summed E-state index contributed by atoms with van der Waals surface area (Å²) in [5.74, 6) is 0.422. The number of hydrogen-bond acceptors (Lipinski definition) is 6. The van der Waals surface area contributed by atoms with E-state index in [2.05, 4.69) is 20.6 Å². The number of anilines is 2. The molecule has 0 radical (unpaired) electrons. The molecule has 0 spiro atoms. The smallest absolute Gasteiger partial charge is 0.260 e. The normalized spacial score (nSPS) is 15.5. The highest BCUT2D eigenvalue weighted by atomic mass is 35.5. The van der Waals surface area contributed by atoms with Gasteiger partial charge >= 0.3 is 0 Å². The highest BCUT2D eigenvalue weighted by Crippen LogP contribution is 2.31. The average Bonchev–Trinajstić information content (AvgIpc) is 2.77. The van der Waals surface area contributed by atoms with Crippen molar-refractivity contribution >= 4 is 40.0 Å². The van der Waals surface area contributed by atoms with Crippen LogP contribution in [0.1, 0.15) is 30.5 Å². The molecule has 1 aliphatic rings. The van der Waals surface area contributed by atoms with Crippen LogP contribution in [-0.4, -0.2) is 47.0 Å². The van der Waals surface area contributed by atoms with E-state index in [-0.39, 0.29) is 24.1 Å². The van der Waals surface area contributed by atoms with E-state index in [0.717, 1.165) is 29.1 Å². The Hall–Kier alpha value is -3.10. The van der Waals surface area contributed by atoms with Gasteiger partial charge in [-0.3, -0.25) is 14.6 Å². The average molecular weight is 455 g/mol. The second-order valence-electron chi connectivity index (χ2n) is 7.93. The molecule has 3 aromatic rings. The van der Waals surface area contributed by atoms with Gasteiger partial charge in [-0.1, -0.05) is 17.7 Å². The van der Waals surface area contributed by atoms with Gasteiger partial charge in [0.05, 0.1) is 23.5 Å². The Labute approximate surface area is 191 Å². The van der Waals surface area contributed by atoms with Crippen LogP contribution in [0.5, 0.6) is 0 Å². The van der Waals surface area contributed by atoms with Crippen LogP contribution in [-0.2, 0) is 11.2 Å². The van der Waals surface area contributed by atoms with E-state index in [4.69, 9.17) is 17.3 Å². The van der Waals surface area contributed by atoms with Crippen molar-refractivity contribution in [2.75, 3.05) is 36.8 Å². The molecule has 168 valence electrons. The number of H-pyrrole nitrogens is 1. The quantitative estimate of drug-likeness (QED) is 0.408. The van der Waals surface area contributed by atoms with E-state index < -0.39 is 0 Å². The summed E-state index contributed by atoms with van der Waals surface area (Å²) in [7, 11) is 0. The molecule has 5 N–H and O–H groups in total. The standard InChI is InChI=1S/C23H27ClN6O2/c1-14-18-5-3-16(24)11-15(18)7-10-30(14)21(31)13-27-17-4-6-19-20(12-17)28-23(29-22(19)32)26-9-2-8-25/h3-6,11-12,14,27H,2,7-10,13,25H2,1H3,(H2,26,28,29,32)/t14-/m0/s1. The fourth-order valence-corrected chi connectivity index (χ4v) is 4.26. The zero-order chi connectivity index (χ0) is 22.7. The first-order valence-corrected chi connectivity index (χ1v) is 11.1. The zero-order valence-corrected chi connectivity index (χ0v) is 18.7. The molecule has 1 aliphatic heterocycles. The monoisotopic (exact) mass is 454 g/mol. The van der Waals surface area contributed by atoms with E-state index in [1.807, 2.05) is 30.0 Å². The number of nitrogens with zero attached hydrogens (tertiary/aromatic N) is 2. The molecule has 0 saturated heterocycles. The number of aromatic amines is 1. The molecular formula is C23H27ClN6O2. The lowest BCUT2D eigenvalue weighted by molar-refractivity contribution is -0.131.